The molecule has 2 aliphatic heterocycles. The van der Waals surface area contributed by atoms with E-state index in [1.807, 2.05) is 4.72 Å². The molecule has 3 saturated carbocycles. The highest BCUT2D eigenvalue weighted by molar-refractivity contribution is 7.91. The molecular formula is C40H50F4N6O9S. The molecule has 0 spiro atoms. The molecule has 1 saturated heterocycles. The van der Waals surface area contributed by atoms with Crippen LogP contribution in [0.4, 0.5) is 22.4 Å². The van der Waals surface area contributed by atoms with E-state index in [1.165, 1.54) is 38.3 Å². The zero-order valence-corrected chi connectivity index (χ0v) is 34.9. The molecule has 2 bridgehead atoms. The smallest absolute Gasteiger partial charge is 0.408 e. The topological polar surface area (TPSA) is 195 Å². The van der Waals surface area contributed by atoms with Crippen LogP contribution in [0.25, 0.3) is 11.0 Å². The molecule has 20 heteroatoms. The van der Waals surface area contributed by atoms with Gasteiger partial charge in [-0.15, -0.1) is 0 Å². The molecular weight excluding hydrogens is 817 g/mol. The third-order valence-corrected chi connectivity index (χ3v) is 14.6. The molecule has 3 aliphatic carbocycles. The first-order chi connectivity index (χ1) is 28.0. The second kappa shape index (κ2) is 15.3. The van der Waals surface area contributed by atoms with Crippen molar-refractivity contribution in [3.05, 3.63) is 36.0 Å². The van der Waals surface area contributed by atoms with Gasteiger partial charge in [-0.1, -0.05) is 33.8 Å². The Balaban J connectivity index is 1.31. The second-order valence-corrected chi connectivity index (χ2v) is 20.1. The number of aromatic nitrogens is 2. The summed E-state index contributed by atoms with van der Waals surface area (Å²) in [5.74, 6) is -10.2. The highest BCUT2D eigenvalue weighted by Crippen LogP contribution is 2.50. The molecule has 1 aromatic heterocycles. The monoisotopic (exact) mass is 866 g/mol. The van der Waals surface area contributed by atoms with Crippen molar-refractivity contribution in [1.29, 1.82) is 0 Å². The van der Waals surface area contributed by atoms with Gasteiger partial charge in [0.25, 0.3) is 5.91 Å². The Morgan fingerprint density at radius 1 is 1.10 bits per heavy atom. The van der Waals surface area contributed by atoms with Gasteiger partial charge >= 0.3 is 12.0 Å². The van der Waals surface area contributed by atoms with Crippen LogP contribution in [0.1, 0.15) is 85.3 Å². The standard InChI is InChI=1S/C40H50F4N6O9S/c1-7-22-27-19-50(28(22)32(51)48-39(18-23(39)31(41)42)35(53)49-60(55,56)38(5)14-15-38)34(52)30(37(2,3)4)47-36(54)59-26-16-20(26)10-8-9-13-40(43,44)29-33(58-27)46-25-17-21(57-6)11-12-24(25)45-29/h9,11-13,17,20,22-23,26-28,30-31H,7-8,10,14-16,18-19H2,1-6H3,(H,47,54)(H,48,51)(H,49,53)/t20-,22-,23+,26-,27+,28+,30-,39-/m1/s1. The van der Waals surface area contributed by atoms with E-state index in [0.717, 1.165) is 4.90 Å². The van der Waals surface area contributed by atoms with Crippen LogP contribution in [0.15, 0.2) is 30.4 Å². The number of amides is 4. The summed E-state index contributed by atoms with van der Waals surface area (Å²) in [6.45, 7) is 7.57. The van der Waals surface area contributed by atoms with Gasteiger partial charge in [0.1, 0.15) is 35.6 Å². The summed E-state index contributed by atoms with van der Waals surface area (Å²) >= 11 is 0. The van der Waals surface area contributed by atoms with E-state index >= 15 is 8.78 Å². The van der Waals surface area contributed by atoms with Gasteiger partial charge in [0, 0.05) is 12.0 Å². The summed E-state index contributed by atoms with van der Waals surface area (Å²) in [6, 6.07) is 1.50. The van der Waals surface area contributed by atoms with E-state index in [-0.39, 0.29) is 42.6 Å². The Hall–Kier alpha value is -4.75. The highest BCUT2D eigenvalue weighted by Gasteiger charge is 2.68. The molecule has 0 radical (unpaired) electrons. The number of allylic oxidation sites excluding steroid dienone is 2. The average Bonchev–Trinajstić information content (AvgIpc) is 4.12. The third-order valence-electron chi connectivity index (χ3n) is 12.5. The van der Waals surface area contributed by atoms with Gasteiger partial charge < -0.3 is 29.7 Å². The number of halogens is 4. The Labute approximate surface area is 344 Å². The van der Waals surface area contributed by atoms with Crippen LogP contribution in [-0.4, -0.2) is 102 Å². The number of fused-ring (bicyclic) bond motifs is 5. The quantitative estimate of drug-likeness (QED) is 0.245. The molecule has 0 unspecified atom stereocenters. The van der Waals surface area contributed by atoms with Gasteiger partial charge in [-0.3, -0.25) is 19.1 Å². The lowest BCUT2D eigenvalue weighted by Gasteiger charge is -2.36. The van der Waals surface area contributed by atoms with Crippen LogP contribution in [0.2, 0.25) is 0 Å². The van der Waals surface area contributed by atoms with Crippen LogP contribution in [0, 0.1) is 23.2 Å². The maximum Gasteiger partial charge on any atom is 0.408 e. The van der Waals surface area contributed by atoms with E-state index in [4.69, 9.17) is 14.2 Å². The fraction of sp³-hybridized carbons (Fsp3) is 0.650. The molecule has 60 heavy (non-hydrogen) atoms. The first-order valence-corrected chi connectivity index (χ1v) is 21.6. The van der Waals surface area contributed by atoms with E-state index < -0.39 is 123 Å². The van der Waals surface area contributed by atoms with Gasteiger partial charge in [0.05, 0.1) is 35.4 Å². The number of alkyl carbamates (subject to hydrolysis) is 1. The van der Waals surface area contributed by atoms with Crippen molar-refractivity contribution in [2.24, 2.45) is 23.2 Å². The zero-order chi connectivity index (χ0) is 43.7. The van der Waals surface area contributed by atoms with Gasteiger partial charge in [-0.2, -0.15) is 8.78 Å². The molecule has 7 rings (SSSR count). The number of hydrogen-bond acceptors (Lipinski definition) is 11. The number of ether oxygens (including phenoxy) is 3. The number of carbonyl (C=O) groups is 4. The van der Waals surface area contributed by atoms with Crippen molar-refractivity contribution in [3.8, 4) is 11.6 Å². The van der Waals surface area contributed by atoms with Gasteiger partial charge in [0.2, 0.25) is 34.1 Å². The molecule has 4 fully saturated rings. The first-order valence-electron chi connectivity index (χ1n) is 20.1. The lowest BCUT2D eigenvalue weighted by atomic mass is 9.85. The molecule has 3 heterocycles. The summed E-state index contributed by atoms with van der Waals surface area (Å²) in [5.41, 5.74) is -3.99. The number of rotatable bonds is 8. The molecule has 5 aliphatic rings. The van der Waals surface area contributed by atoms with Crippen LogP contribution in [-0.2, 0) is 35.1 Å². The first kappa shape index (κ1) is 43.3. The Kier molecular flexibility index (Phi) is 11.1. The van der Waals surface area contributed by atoms with Crippen molar-refractivity contribution >= 4 is 44.9 Å². The maximum absolute atomic E-state index is 16.3. The molecule has 15 nitrogen and oxygen atoms in total. The molecule has 2 aromatic rings. The highest BCUT2D eigenvalue weighted by atomic mass is 32.2. The van der Waals surface area contributed by atoms with Crippen molar-refractivity contribution in [2.75, 3.05) is 13.7 Å². The van der Waals surface area contributed by atoms with E-state index in [0.29, 0.717) is 24.7 Å². The minimum absolute atomic E-state index is 0.0376. The SMILES string of the molecule is CC[C@@H]1[C@@H]2CN(C(=O)[C@H](C(C)(C)C)NC(=O)O[C@@H]3C[C@H]3CCC=CC(F)(F)c3nc4ccc(OC)cc4nc3O2)[C@@H]1C(=O)N[C@]1(C(=O)NS(=O)(=O)C2(C)CC2)C[C@H]1C(F)F. The number of nitrogens with zero attached hydrogens (tertiary/aromatic N) is 3. The number of alkyl halides is 4. The van der Waals surface area contributed by atoms with Crippen molar-refractivity contribution in [1.82, 2.24) is 30.2 Å². The fourth-order valence-corrected chi connectivity index (χ4v) is 9.47. The lowest BCUT2D eigenvalue weighted by molar-refractivity contribution is -0.144. The van der Waals surface area contributed by atoms with Gasteiger partial charge in [-0.25, -0.2) is 32.0 Å². The Morgan fingerprint density at radius 2 is 1.82 bits per heavy atom. The average molecular weight is 867 g/mol. The fourth-order valence-electron chi connectivity index (χ4n) is 8.16. The van der Waals surface area contributed by atoms with Crippen LogP contribution < -0.4 is 24.8 Å². The summed E-state index contributed by atoms with van der Waals surface area (Å²) in [6.07, 6.45) is -2.81. The largest absolute Gasteiger partial charge is 0.497 e. The summed E-state index contributed by atoms with van der Waals surface area (Å²) in [4.78, 5) is 66.2. The molecule has 3 N–H and O–H groups in total. The minimum atomic E-state index is -4.32. The Bertz CT molecular complexity index is 2220. The molecule has 1 aromatic carbocycles. The predicted molar refractivity (Wildman–Crippen MR) is 206 cm³/mol. The summed E-state index contributed by atoms with van der Waals surface area (Å²) in [5, 5.41) is 5.04. The summed E-state index contributed by atoms with van der Waals surface area (Å²) in [7, 11) is -2.91. The number of nitrogens with one attached hydrogen (secondary N) is 3. The van der Waals surface area contributed by atoms with Crippen molar-refractivity contribution in [3.63, 3.8) is 0 Å². The lowest BCUT2D eigenvalue weighted by Crippen LogP contribution is -2.61. The number of hydrogen-bond donors (Lipinski definition) is 3. The second-order valence-electron chi connectivity index (χ2n) is 17.9. The summed E-state index contributed by atoms with van der Waals surface area (Å²) < 4.78 is 105. The number of methoxy groups -OCH3 is 1. The zero-order valence-electron chi connectivity index (χ0n) is 34.1. The molecule has 4 amide bonds. The van der Waals surface area contributed by atoms with E-state index in [1.54, 1.807) is 27.7 Å². The van der Waals surface area contributed by atoms with Crippen molar-refractivity contribution < 1.29 is 59.4 Å². The normalized spacial score (nSPS) is 31.1. The van der Waals surface area contributed by atoms with Crippen LogP contribution in [0.5, 0.6) is 11.6 Å². The molecule has 8 atom stereocenters. The number of sulfonamides is 1. The van der Waals surface area contributed by atoms with Crippen LogP contribution >= 0.6 is 0 Å². The third kappa shape index (κ3) is 8.19. The van der Waals surface area contributed by atoms with Crippen LogP contribution in [0.3, 0.4) is 0 Å². The minimum Gasteiger partial charge on any atom is -0.497 e. The maximum atomic E-state index is 16.3. The number of carbonyl (C=O) groups excluding carboxylic acids is 4. The number of benzene rings is 1. The molecule has 328 valence electrons. The van der Waals surface area contributed by atoms with Crippen molar-refractivity contribution in [2.45, 2.75) is 126 Å². The van der Waals surface area contributed by atoms with Gasteiger partial charge in [0.15, 0.2) is 5.69 Å². The van der Waals surface area contributed by atoms with E-state index in [9.17, 15) is 36.4 Å². The predicted octanol–water partition coefficient (Wildman–Crippen LogP) is 4.73. The van der Waals surface area contributed by atoms with E-state index in [2.05, 4.69) is 20.6 Å². The van der Waals surface area contributed by atoms with Gasteiger partial charge in [-0.05, 0) is 81.4 Å². The Morgan fingerprint density at radius 3 is 2.43 bits per heavy atom.